The van der Waals surface area contributed by atoms with Gasteiger partial charge in [0.15, 0.2) is 0 Å². The highest BCUT2D eigenvalue weighted by molar-refractivity contribution is 7.09. The van der Waals surface area contributed by atoms with Crippen LogP contribution in [0.25, 0.3) is 10.8 Å². The van der Waals surface area contributed by atoms with Crippen LogP contribution in [0.15, 0.2) is 82.8 Å². The average molecular weight is 419 g/mol. The Kier molecular flexibility index (Phi) is 6.25. The molecule has 0 saturated carbocycles. The molecular weight excluding hydrogens is 396 g/mol. The van der Waals surface area contributed by atoms with Crippen LogP contribution in [-0.4, -0.2) is 23.3 Å². The summed E-state index contributed by atoms with van der Waals surface area (Å²) in [7, 11) is 0. The number of furan rings is 1. The van der Waals surface area contributed by atoms with Crippen LogP contribution in [0, 0.1) is 0 Å². The molecule has 5 nitrogen and oxygen atoms in total. The van der Waals surface area contributed by atoms with E-state index in [2.05, 4.69) is 5.32 Å². The summed E-state index contributed by atoms with van der Waals surface area (Å²) in [4.78, 5) is 28.2. The van der Waals surface area contributed by atoms with Crippen LogP contribution in [0.1, 0.15) is 27.4 Å². The van der Waals surface area contributed by atoms with Crippen molar-refractivity contribution < 1.29 is 14.0 Å². The van der Waals surface area contributed by atoms with Crippen molar-refractivity contribution in [2.24, 2.45) is 0 Å². The molecular formula is C24H22N2O3S. The highest BCUT2D eigenvalue weighted by Gasteiger charge is 2.17. The van der Waals surface area contributed by atoms with E-state index >= 15 is 0 Å². The number of thiophene rings is 1. The van der Waals surface area contributed by atoms with E-state index in [4.69, 9.17) is 4.42 Å². The van der Waals surface area contributed by atoms with Crippen molar-refractivity contribution >= 4 is 33.9 Å². The highest BCUT2D eigenvalue weighted by atomic mass is 32.1. The Hall–Kier alpha value is -3.38. The lowest BCUT2D eigenvalue weighted by Crippen LogP contribution is -2.33. The predicted octanol–water partition coefficient (Wildman–Crippen LogP) is 4.84. The van der Waals surface area contributed by atoms with Gasteiger partial charge in [-0.05, 0) is 46.5 Å². The van der Waals surface area contributed by atoms with E-state index in [9.17, 15) is 9.59 Å². The topological polar surface area (TPSA) is 62.6 Å². The largest absolute Gasteiger partial charge is 0.467 e. The normalized spacial score (nSPS) is 10.8. The highest BCUT2D eigenvalue weighted by Crippen LogP contribution is 2.17. The second-order valence-electron chi connectivity index (χ2n) is 6.98. The van der Waals surface area contributed by atoms with Crippen LogP contribution in [0.2, 0.25) is 0 Å². The van der Waals surface area contributed by atoms with Gasteiger partial charge in [-0.15, -0.1) is 11.3 Å². The summed E-state index contributed by atoms with van der Waals surface area (Å²) in [6.07, 6.45) is 1.83. The lowest BCUT2D eigenvalue weighted by molar-refractivity contribution is -0.132. The molecule has 0 spiro atoms. The Balaban J connectivity index is 1.35. The molecule has 0 aliphatic carbocycles. The number of rotatable bonds is 8. The first-order valence-corrected chi connectivity index (χ1v) is 10.7. The molecule has 4 aromatic rings. The number of carbonyl (C=O) groups excluding carboxylic acids is 2. The maximum absolute atomic E-state index is 12.8. The first-order chi connectivity index (χ1) is 14.7. The van der Waals surface area contributed by atoms with Crippen molar-refractivity contribution in [1.82, 2.24) is 10.2 Å². The summed E-state index contributed by atoms with van der Waals surface area (Å²) in [5.74, 6) is 0.531. The lowest BCUT2D eigenvalue weighted by Gasteiger charge is -2.21. The Morgan fingerprint density at radius 1 is 0.933 bits per heavy atom. The van der Waals surface area contributed by atoms with Crippen molar-refractivity contribution in [3.63, 3.8) is 0 Å². The second-order valence-corrected chi connectivity index (χ2v) is 8.01. The molecule has 0 aliphatic heterocycles. The van der Waals surface area contributed by atoms with Gasteiger partial charge in [0.1, 0.15) is 5.76 Å². The van der Waals surface area contributed by atoms with Crippen LogP contribution in [0.4, 0.5) is 0 Å². The van der Waals surface area contributed by atoms with E-state index < -0.39 is 0 Å². The summed E-state index contributed by atoms with van der Waals surface area (Å²) >= 11 is 1.61. The van der Waals surface area contributed by atoms with E-state index in [0.717, 1.165) is 21.4 Å². The summed E-state index contributed by atoms with van der Waals surface area (Å²) in [6.45, 7) is 1.21. The number of nitrogens with one attached hydrogen (secondary N) is 1. The van der Waals surface area contributed by atoms with Gasteiger partial charge in [-0.3, -0.25) is 9.59 Å². The molecule has 6 heteroatoms. The van der Waals surface area contributed by atoms with Gasteiger partial charge in [-0.2, -0.15) is 0 Å². The molecule has 2 aromatic heterocycles. The van der Waals surface area contributed by atoms with Crippen LogP contribution >= 0.6 is 11.3 Å². The fourth-order valence-corrected chi connectivity index (χ4v) is 4.01. The van der Waals surface area contributed by atoms with Gasteiger partial charge in [-0.1, -0.05) is 36.4 Å². The molecule has 2 heterocycles. The molecule has 0 aliphatic rings. The van der Waals surface area contributed by atoms with E-state index in [0.29, 0.717) is 18.7 Å². The van der Waals surface area contributed by atoms with Crippen LogP contribution in [0.3, 0.4) is 0 Å². The van der Waals surface area contributed by atoms with Crippen molar-refractivity contribution in [2.75, 3.05) is 6.54 Å². The number of nitrogens with zero attached hydrogens (tertiary/aromatic N) is 1. The van der Waals surface area contributed by atoms with Crippen molar-refractivity contribution in [1.29, 1.82) is 0 Å². The van der Waals surface area contributed by atoms with Crippen LogP contribution in [0.5, 0.6) is 0 Å². The minimum absolute atomic E-state index is 0.0291. The van der Waals surface area contributed by atoms with Crippen LogP contribution in [-0.2, 0) is 17.9 Å². The third kappa shape index (κ3) is 4.96. The van der Waals surface area contributed by atoms with Gasteiger partial charge in [0.05, 0.1) is 19.4 Å². The molecule has 152 valence electrons. The standard InChI is InChI=1S/C24H22N2O3S/c27-23(26(16-21-7-3-13-29-21)17-22-8-4-14-30-22)11-12-25-24(28)20-10-9-18-5-1-2-6-19(18)15-20/h1-10,13-15H,11-12,16-17H2,(H,25,28). The Bertz CT molecular complexity index is 1080. The summed E-state index contributed by atoms with van der Waals surface area (Å²) < 4.78 is 5.41. The molecule has 1 N–H and O–H groups in total. The minimum atomic E-state index is -0.176. The zero-order chi connectivity index (χ0) is 20.8. The Labute approximate surface area is 178 Å². The molecule has 30 heavy (non-hydrogen) atoms. The maximum Gasteiger partial charge on any atom is 0.251 e. The molecule has 0 radical (unpaired) electrons. The number of amides is 2. The van der Waals surface area contributed by atoms with E-state index in [1.807, 2.05) is 66.0 Å². The smallest absolute Gasteiger partial charge is 0.251 e. The zero-order valence-electron chi connectivity index (χ0n) is 16.4. The lowest BCUT2D eigenvalue weighted by atomic mass is 10.1. The predicted molar refractivity (Wildman–Crippen MR) is 118 cm³/mol. The van der Waals surface area contributed by atoms with Gasteiger partial charge >= 0.3 is 0 Å². The third-order valence-corrected chi connectivity index (χ3v) is 5.70. The van der Waals surface area contributed by atoms with Crippen molar-refractivity contribution in [2.45, 2.75) is 19.5 Å². The number of benzene rings is 2. The molecule has 0 saturated heterocycles. The second kappa shape index (κ2) is 9.41. The molecule has 0 fully saturated rings. The summed E-state index contributed by atoms with van der Waals surface area (Å²) in [6, 6.07) is 21.2. The van der Waals surface area contributed by atoms with Gasteiger partial charge in [-0.25, -0.2) is 0 Å². The molecule has 2 aromatic carbocycles. The maximum atomic E-state index is 12.8. The first kappa shape index (κ1) is 19.9. The van der Waals surface area contributed by atoms with Gasteiger partial charge in [0.2, 0.25) is 5.91 Å². The Morgan fingerprint density at radius 2 is 1.80 bits per heavy atom. The molecule has 0 bridgehead atoms. The fourth-order valence-electron chi connectivity index (χ4n) is 3.29. The molecule has 0 atom stereocenters. The number of hydrogen-bond acceptors (Lipinski definition) is 4. The van der Waals surface area contributed by atoms with E-state index in [1.54, 1.807) is 28.6 Å². The SMILES string of the molecule is O=C(NCCC(=O)N(Cc1ccco1)Cc1cccs1)c1ccc2ccccc2c1. The average Bonchev–Trinajstić information content (AvgIpc) is 3.47. The van der Waals surface area contributed by atoms with Gasteiger partial charge in [0.25, 0.3) is 5.91 Å². The quantitative estimate of drug-likeness (QED) is 0.445. The minimum Gasteiger partial charge on any atom is -0.467 e. The third-order valence-electron chi connectivity index (χ3n) is 4.84. The van der Waals surface area contributed by atoms with Gasteiger partial charge in [0, 0.05) is 23.4 Å². The number of hydrogen-bond donors (Lipinski definition) is 1. The molecule has 2 amide bonds. The first-order valence-electron chi connectivity index (χ1n) is 9.78. The monoisotopic (exact) mass is 418 g/mol. The summed E-state index contributed by atoms with van der Waals surface area (Å²) in [5.41, 5.74) is 0.590. The van der Waals surface area contributed by atoms with Crippen LogP contribution < -0.4 is 5.32 Å². The van der Waals surface area contributed by atoms with Gasteiger partial charge < -0.3 is 14.6 Å². The van der Waals surface area contributed by atoms with Crippen molar-refractivity contribution in [3.05, 3.63) is 94.6 Å². The zero-order valence-corrected chi connectivity index (χ0v) is 17.2. The number of fused-ring (bicyclic) bond motifs is 1. The van der Waals surface area contributed by atoms with E-state index in [-0.39, 0.29) is 24.8 Å². The molecule has 4 rings (SSSR count). The Morgan fingerprint density at radius 3 is 2.57 bits per heavy atom. The van der Waals surface area contributed by atoms with Crippen molar-refractivity contribution in [3.8, 4) is 0 Å². The van der Waals surface area contributed by atoms with E-state index in [1.165, 1.54) is 0 Å². The fraction of sp³-hybridized carbons (Fsp3) is 0.167. The molecule has 0 unspecified atom stereocenters. The summed E-state index contributed by atoms with van der Waals surface area (Å²) in [5, 5.41) is 6.96. The number of carbonyl (C=O) groups is 2.